The Bertz CT molecular complexity index is 1770. The fourth-order valence-corrected chi connectivity index (χ4v) is 7.16. The third-order valence-corrected chi connectivity index (χ3v) is 9.32. The minimum absolute atomic E-state index is 0.0212. The molecule has 0 radical (unpaired) electrons. The number of fused-ring (bicyclic) bond motifs is 3. The summed E-state index contributed by atoms with van der Waals surface area (Å²) < 4.78 is 53.5. The van der Waals surface area contributed by atoms with Crippen molar-refractivity contribution in [1.29, 1.82) is 0 Å². The van der Waals surface area contributed by atoms with Crippen LogP contribution in [0.5, 0.6) is 0 Å². The molecule has 1 unspecified atom stereocenters. The first-order chi connectivity index (χ1) is 22.1. The van der Waals surface area contributed by atoms with Crippen molar-refractivity contribution < 1.29 is 32.2 Å². The number of amides is 2. The van der Waals surface area contributed by atoms with E-state index in [-0.39, 0.29) is 34.5 Å². The van der Waals surface area contributed by atoms with Crippen molar-refractivity contribution in [3.8, 4) is 0 Å². The van der Waals surface area contributed by atoms with Crippen LogP contribution in [-0.4, -0.2) is 81.1 Å². The normalized spacial score (nSPS) is 19.7. The fraction of sp³-hybridized carbons (Fsp3) is 0.581. The van der Waals surface area contributed by atoms with Crippen LogP contribution in [0.4, 0.5) is 29.6 Å². The SMILES string of the molecule is CC1CC2(CCN(C(=O)OC(C)(C)C)CC2)c2c1n(CC(=O)Nc1ccc(C(F)(F)F)cc1Cl)c1nc(N3CCOCC3)nn1c2=O. The van der Waals surface area contributed by atoms with Gasteiger partial charge in [-0.25, -0.2) is 4.79 Å². The highest BCUT2D eigenvalue weighted by atomic mass is 35.5. The van der Waals surface area contributed by atoms with Crippen LogP contribution in [0.2, 0.25) is 5.02 Å². The molecule has 1 aliphatic carbocycles. The number of nitrogens with zero attached hydrogens (tertiary/aromatic N) is 6. The lowest BCUT2D eigenvalue weighted by molar-refractivity contribution is -0.137. The molecule has 2 fully saturated rings. The van der Waals surface area contributed by atoms with Crippen LogP contribution in [0.15, 0.2) is 23.0 Å². The molecule has 2 aromatic heterocycles. The summed E-state index contributed by atoms with van der Waals surface area (Å²) in [4.78, 5) is 48.9. The van der Waals surface area contributed by atoms with E-state index in [0.717, 1.165) is 18.2 Å². The number of piperidine rings is 1. The van der Waals surface area contributed by atoms with Crippen LogP contribution in [0.1, 0.15) is 69.7 Å². The molecule has 12 nitrogen and oxygen atoms in total. The van der Waals surface area contributed by atoms with Gasteiger partial charge in [0.15, 0.2) is 0 Å². The van der Waals surface area contributed by atoms with Crippen LogP contribution in [0.25, 0.3) is 5.78 Å². The van der Waals surface area contributed by atoms with Gasteiger partial charge in [0.05, 0.1) is 29.5 Å². The Morgan fingerprint density at radius 2 is 1.81 bits per heavy atom. The van der Waals surface area contributed by atoms with Crippen molar-refractivity contribution in [2.24, 2.45) is 0 Å². The average Bonchev–Trinajstić information content (AvgIpc) is 3.56. The number of likely N-dealkylation sites (tertiary alicyclic amines) is 1. The van der Waals surface area contributed by atoms with E-state index in [1.807, 2.05) is 32.6 Å². The quantitative estimate of drug-likeness (QED) is 0.417. The predicted molar refractivity (Wildman–Crippen MR) is 167 cm³/mol. The van der Waals surface area contributed by atoms with Gasteiger partial charge >= 0.3 is 12.3 Å². The second kappa shape index (κ2) is 12.0. The maximum absolute atomic E-state index is 14.3. The lowest BCUT2D eigenvalue weighted by Gasteiger charge is -2.40. The Hall–Kier alpha value is -3.85. The number of benzene rings is 1. The topological polar surface area (TPSA) is 123 Å². The number of alkyl halides is 3. The number of hydrogen-bond acceptors (Lipinski definition) is 8. The molecule has 6 rings (SSSR count). The molecule has 0 saturated carbocycles. The summed E-state index contributed by atoms with van der Waals surface area (Å²) in [7, 11) is 0. The minimum atomic E-state index is -4.59. The molecular weight excluding hydrogens is 643 g/mol. The third kappa shape index (κ3) is 6.39. The molecule has 2 aliphatic heterocycles. The Morgan fingerprint density at radius 3 is 2.43 bits per heavy atom. The van der Waals surface area contributed by atoms with Gasteiger partial charge in [0, 0.05) is 42.9 Å². The Labute approximate surface area is 273 Å². The number of carbonyl (C=O) groups excluding carboxylic acids is 2. The van der Waals surface area contributed by atoms with Gasteiger partial charge in [0.1, 0.15) is 12.1 Å². The maximum Gasteiger partial charge on any atom is 0.416 e. The highest BCUT2D eigenvalue weighted by Crippen LogP contribution is 2.50. The van der Waals surface area contributed by atoms with Crippen molar-refractivity contribution in [2.45, 2.75) is 76.6 Å². The Balaban J connectivity index is 1.38. The number of anilines is 2. The van der Waals surface area contributed by atoms with Crippen molar-refractivity contribution in [1.82, 2.24) is 24.1 Å². The zero-order chi connectivity index (χ0) is 33.9. The minimum Gasteiger partial charge on any atom is -0.444 e. The molecule has 1 atom stereocenters. The second-order valence-corrected chi connectivity index (χ2v) is 13.9. The molecule has 2 amide bonds. The van der Waals surface area contributed by atoms with E-state index in [2.05, 4.69) is 10.4 Å². The molecule has 3 aliphatic rings. The maximum atomic E-state index is 14.3. The number of aromatic nitrogens is 4. The highest BCUT2D eigenvalue weighted by Gasteiger charge is 2.49. The first-order valence-corrected chi connectivity index (χ1v) is 16.0. The van der Waals surface area contributed by atoms with Crippen LogP contribution < -0.4 is 15.8 Å². The number of hydrogen-bond donors (Lipinski definition) is 1. The summed E-state index contributed by atoms with van der Waals surface area (Å²) in [6, 6.07) is 2.71. The third-order valence-electron chi connectivity index (χ3n) is 9.01. The van der Waals surface area contributed by atoms with Crippen LogP contribution >= 0.6 is 11.6 Å². The highest BCUT2D eigenvalue weighted by molar-refractivity contribution is 6.33. The van der Waals surface area contributed by atoms with E-state index in [1.54, 1.807) is 9.47 Å². The summed E-state index contributed by atoms with van der Waals surface area (Å²) in [6.07, 6.45) is -3.34. The van der Waals surface area contributed by atoms with E-state index in [0.29, 0.717) is 75.9 Å². The lowest BCUT2D eigenvalue weighted by atomic mass is 9.74. The Morgan fingerprint density at radius 1 is 1.13 bits per heavy atom. The van der Waals surface area contributed by atoms with E-state index in [4.69, 9.17) is 26.1 Å². The van der Waals surface area contributed by atoms with Crippen LogP contribution in [-0.2, 0) is 32.4 Å². The predicted octanol–water partition coefficient (Wildman–Crippen LogP) is 4.81. The zero-order valence-corrected chi connectivity index (χ0v) is 27.4. The monoisotopic (exact) mass is 679 g/mol. The van der Waals surface area contributed by atoms with Gasteiger partial charge in [-0.1, -0.05) is 18.5 Å². The van der Waals surface area contributed by atoms with Gasteiger partial charge in [-0.05, 0) is 64.2 Å². The van der Waals surface area contributed by atoms with Crippen molar-refractivity contribution in [3.63, 3.8) is 0 Å². The molecule has 47 heavy (non-hydrogen) atoms. The van der Waals surface area contributed by atoms with Crippen LogP contribution in [0.3, 0.4) is 0 Å². The van der Waals surface area contributed by atoms with Gasteiger partial charge in [-0.3, -0.25) is 9.59 Å². The van der Waals surface area contributed by atoms with Gasteiger partial charge in [-0.2, -0.15) is 22.7 Å². The number of halogens is 4. The van der Waals surface area contributed by atoms with Crippen molar-refractivity contribution in [2.75, 3.05) is 49.6 Å². The van der Waals surface area contributed by atoms with Gasteiger partial charge in [0.2, 0.25) is 17.6 Å². The molecule has 1 N–H and O–H groups in total. The number of ether oxygens (including phenoxy) is 2. The van der Waals surface area contributed by atoms with Gasteiger partial charge in [-0.15, -0.1) is 5.10 Å². The summed E-state index contributed by atoms with van der Waals surface area (Å²) in [6.45, 7) is 9.90. The summed E-state index contributed by atoms with van der Waals surface area (Å²) in [5, 5.41) is 6.96. The summed E-state index contributed by atoms with van der Waals surface area (Å²) in [5.41, 5.74) is -1.25. The molecule has 2 saturated heterocycles. The Kier molecular flexibility index (Phi) is 8.44. The molecule has 16 heteroatoms. The number of morpholine rings is 1. The van der Waals surface area contributed by atoms with E-state index in [9.17, 15) is 27.6 Å². The molecule has 4 heterocycles. The number of nitrogens with one attached hydrogen (secondary N) is 1. The van der Waals surface area contributed by atoms with Gasteiger partial charge in [0.25, 0.3) is 5.56 Å². The largest absolute Gasteiger partial charge is 0.444 e. The smallest absolute Gasteiger partial charge is 0.416 e. The van der Waals surface area contributed by atoms with Gasteiger partial charge < -0.3 is 29.2 Å². The molecule has 1 spiro atoms. The van der Waals surface area contributed by atoms with Crippen LogP contribution in [0, 0.1) is 0 Å². The summed E-state index contributed by atoms with van der Waals surface area (Å²) in [5.74, 6) is -0.209. The zero-order valence-electron chi connectivity index (χ0n) is 26.6. The lowest BCUT2D eigenvalue weighted by Crippen LogP contribution is -2.48. The number of carbonyl (C=O) groups is 2. The number of rotatable bonds is 4. The van der Waals surface area contributed by atoms with E-state index < -0.39 is 34.8 Å². The first-order valence-electron chi connectivity index (χ1n) is 15.6. The van der Waals surface area contributed by atoms with E-state index in [1.165, 1.54) is 4.52 Å². The average molecular weight is 680 g/mol. The molecular formula is C31H37ClF3N7O5. The molecule has 3 aromatic rings. The molecule has 1 aromatic carbocycles. The first kappa shape index (κ1) is 33.1. The molecule has 254 valence electrons. The second-order valence-electron chi connectivity index (χ2n) is 13.5. The summed E-state index contributed by atoms with van der Waals surface area (Å²) >= 11 is 6.13. The van der Waals surface area contributed by atoms with E-state index >= 15 is 0 Å². The molecule has 0 bridgehead atoms. The van der Waals surface area contributed by atoms with Crippen molar-refractivity contribution >= 4 is 41.0 Å². The van der Waals surface area contributed by atoms with Crippen molar-refractivity contribution in [3.05, 3.63) is 50.4 Å². The standard InChI is InChI=1S/C31H37ClF3N7O5/c1-18-16-30(7-9-40(10-8-30)28(45)47-29(2,3)4)23-24(18)41(17-22(43)36-21-6-5-19(15-20(21)32)31(33,34)35)27-37-26(38-42(27)25(23)44)39-11-13-46-14-12-39/h5-6,15,18H,7-14,16-17H2,1-4H3,(H,36,43). The fourth-order valence-electron chi connectivity index (χ4n) is 6.94.